The van der Waals surface area contributed by atoms with Crippen molar-refractivity contribution < 1.29 is 19.4 Å². The molecule has 0 aromatic heterocycles. The summed E-state index contributed by atoms with van der Waals surface area (Å²) in [5.41, 5.74) is 0. The highest BCUT2D eigenvalue weighted by Gasteiger charge is 2.36. The summed E-state index contributed by atoms with van der Waals surface area (Å²) in [6.07, 6.45) is 5.29. The van der Waals surface area contributed by atoms with E-state index in [1.807, 2.05) is 0 Å². The van der Waals surface area contributed by atoms with Crippen molar-refractivity contribution in [3.63, 3.8) is 0 Å². The lowest BCUT2D eigenvalue weighted by Gasteiger charge is -2.27. The van der Waals surface area contributed by atoms with Crippen LogP contribution >= 0.6 is 0 Å². The van der Waals surface area contributed by atoms with E-state index in [-0.39, 0.29) is 24.7 Å². The highest BCUT2D eigenvalue weighted by atomic mass is 16.5. The average Bonchev–Trinajstić information content (AvgIpc) is 2.79. The number of nitrogens with one attached hydrogen (secondary N) is 2. The second kappa shape index (κ2) is 7.93. The van der Waals surface area contributed by atoms with Crippen molar-refractivity contribution in [2.75, 3.05) is 26.9 Å². The van der Waals surface area contributed by atoms with E-state index in [0.29, 0.717) is 19.2 Å². The number of hydrogen-bond acceptors (Lipinski definition) is 5. The molecule has 2 aliphatic rings. The minimum Gasteiger partial charge on any atom is -0.389 e. The predicted octanol–water partition coefficient (Wildman–Crippen LogP) is -0.200. The Labute approximate surface area is 120 Å². The summed E-state index contributed by atoms with van der Waals surface area (Å²) in [6.45, 7) is 0.862. The van der Waals surface area contributed by atoms with Crippen LogP contribution in [-0.4, -0.2) is 62.2 Å². The summed E-state index contributed by atoms with van der Waals surface area (Å²) in [7, 11) is 1.48. The molecule has 116 valence electrons. The molecular weight excluding hydrogens is 260 g/mol. The van der Waals surface area contributed by atoms with Gasteiger partial charge in [-0.05, 0) is 12.8 Å². The Morgan fingerprint density at radius 3 is 2.80 bits per heavy atom. The van der Waals surface area contributed by atoms with Gasteiger partial charge in [0.05, 0.1) is 18.8 Å². The molecule has 6 heteroatoms. The molecule has 1 amide bonds. The molecule has 20 heavy (non-hydrogen) atoms. The van der Waals surface area contributed by atoms with E-state index in [2.05, 4.69) is 10.6 Å². The van der Waals surface area contributed by atoms with Crippen molar-refractivity contribution in [3.05, 3.63) is 0 Å². The van der Waals surface area contributed by atoms with Crippen molar-refractivity contribution in [3.8, 4) is 0 Å². The lowest BCUT2D eigenvalue weighted by molar-refractivity contribution is -0.125. The predicted molar refractivity (Wildman–Crippen MR) is 74.4 cm³/mol. The molecule has 2 rings (SSSR count). The third kappa shape index (κ3) is 4.41. The van der Waals surface area contributed by atoms with Crippen molar-refractivity contribution in [2.24, 2.45) is 0 Å². The van der Waals surface area contributed by atoms with Gasteiger partial charge < -0.3 is 25.2 Å². The smallest absolute Gasteiger partial charge is 0.246 e. The van der Waals surface area contributed by atoms with E-state index in [0.717, 1.165) is 0 Å². The van der Waals surface area contributed by atoms with Crippen LogP contribution in [0.25, 0.3) is 0 Å². The van der Waals surface area contributed by atoms with Gasteiger partial charge in [0.2, 0.25) is 5.91 Å². The number of carbonyl (C=O) groups excluding carboxylic acids is 1. The lowest BCUT2D eigenvalue weighted by Crippen LogP contribution is -2.48. The SMILES string of the molecule is COCC(=O)NC[C@H]1OC[C@@H](NC2CCCCC2)[C@@H]1O. The Bertz CT molecular complexity index is 308. The summed E-state index contributed by atoms with van der Waals surface area (Å²) < 4.78 is 10.3. The zero-order valence-electron chi connectivity index (χ0n) is 12.1. The molecule has 1 aliphatic heterocycles. The summed E-state index contributed by atoms with van der Waals surface area (Å²) in [6, 6.07) is 0.469. The highest BCUT2D eigenvalue weighted by molar-refractivity contribution is 5.77. The van der Waals surface area contributed by atoms with Crippen LogP contribution in [0.15, 0.2) is 0 Å². The average molecular weight is 286 g/mol. The van der Waals surface area contributed by atoms with Gasteiger partial charge in [0, 0.05) is 19.7 Å². The number of aliphatic hydroxyl groups is 1. The molecule has 0 bridgehead atoms. The van der Waals surface area contributed by atoms with Gasteiger partial charge in [-0.25, -0.2) is 0 Å². The molecule has 1 saturated carbocycles. The van der Waals surface area contributed by atoms with Gasteiger partial charge in [0.1, 0.15) is 12.7 Å². The van der Waals surface area contributed by atoms with E-state index < -0.39 is 6.10 Å². The van der Waals surface area contributed by atoms with E-state index in [4.69, 9.17) is 9.47 Å². The van der Waals surface area contributed by atoms with Crippen LogP contribution in [0.1, 0.15) is 32.1 Å². The van der Waals surface area contributed by atoms with Crippen LogP contribution in [0.2, 0.25) is 0 Å². The minimum absolute atomic E-state index is 0.0255. The molecule has 2 fully saturated rings. The Morgan fingerprint density at radius 1 is 1.35 bits per heavy atom. The van der Waals surface area contributed by atoms with Gasteiger partial charge in [-0.1, -0.05) is 19.3 Å². The number of hydrogen-bond donors (Lipinski definition) is 3. The Kier molecular flexibility index (Phi) is 6.22. The maximum absolute atomic E-state index is 11.3. The second-order valence-electron chi connectivity index (χ2n) is 5.71. The zero-order valence-corrected chi connectivity index (χ0v) is 12.1. The number of aliphatic hydroxyl groups excluding tert-OH is 1. The van der Waals surface area contributed by atoms with E-state index in [1.165, 1.54) is 39.2 Å². The topological polar surface area (TPSA) is 79.8 Å². The van der Waals surface area contributed by atoms with E-state index in [1.54, 1.807) is 0 Å². The molecular formula is C14H26N2O4. The first-order chi connectivity index (χ1) is 9.70. The first-order valence-corrected chi connectivity index (χ1v) is 7.52. The van der Waals surface area contributed by atoms with Gasteiger partial charge in [-0.15, -0.1) is 0 Å². The van der Waals surface area contributed by atoms with Gasteiger partial charge in [-0.3, -0.25) is 4.79 Å². The molecule has 0 aromatic rings. The van der Waals surface area contributed by atoms with Crippen LogP contribution in [0.4, 0.5) is 0 Å². The fraction of sp³-hybridized carbons (Fsp3) is 0.929. The van der Waals surface area contributed by atoms with Crippen molar-refractivity contribution in [1.82, 2.24) is 10.6 Å². The summed E-state index contributed by atoms with van der Waals surface area (Å²) in [4.78, 5) is 11.3. The fourth-order valence-corrected chi connectivity index (χ4v) is 2.98. The first-order valence-electron chi connectivity index (χ1n) is 7.52. The standard InChI is InChI=1S/C14H26N2O4/c1-19-9-13(17)15-7-12-14(18)11(8-20-12)16-10-5-3-2-4-6-10/h10-12,14,16,18H,2-9H2,1H3,(H,15,17)/t11-,12-,14+/m1/s1. The van der Waals surface area contributed by atoms with Crippen LogP contribution in [0.5, 0.6) is 0 Å². The van der Waals surface area contributed by atoms with Gasteiger partial charge in [-0.2, -0.15) is 0 Å². The van der Waals surface area contributed by atoms with Crippen LogP contribution < -0.4 is 10.6 Å². The molecule has 6 nitrogen and oxygen atoms in total. The van der Waals surface area contributed by atoms with Crippen LogP contribution in [0, 0.1) is 0 Å². The Morgan fingerprint density at radius 2 is 2.10 bits per heavy atom. The minimum atomic E-state index is -0.570. The second-order valence-corrected chi connectivity index (χ2v) is 5.71. The van der Waals surface area contributed by atoms with Crippen molar-refractivity contribution in [2.45, 2.75) is 56.4 Å². The number of methoxy groups -OCH3 is 1. The molecule has 0 radical (unpaired) electrons. The fourth-order valence-electron chi connectivity index (χ4n) is 2.98. The molecule has 1 aliphatic carbocycles. The number of carbonyl (C=O) groups is 1. The van der Waals surface area contributed by atoms with Crippen LogP contribution in [0.3, 0.4) is 0 Å². The Hall–Kier alpha value is -0.690. The Balaban J connectivity index is 1.71. The van der Waals surface area contributed by atoms with Crippen molar-refractivity contribution in [1.29, 1.82) is 0 Å². The molecule has 3 N–H and O–H groups in total. The largest absolute Gasteiger partial charge is 0.389 e. The quantitative estimate of drug-likeness (QED) is 0.630. The number of rotatable bonds is 6. The van der Waals surface area contributed by atoms with Gasteiger partial charge >= 0.3 is 0 Å². The first kappa shape index (κ1) is 15.7. The number of amides is 1. The molecule has 3 atom stereocenters. The molecule has 0 spiro atoms. The normalized spacial score (nSPS) is 31.4. The monoisotopic (exact) mass is 286 g/mol. The molecule has 1 heterocycles. The third-order valence-electron chi connectivity index (χ3n) is 4.11. The summed E-state index contributed by atoms with van der Waals surface area (Å²) >= 11 is 0. The number of ether oxygens (including phenoxy) is 2. The zero-order chi connectivity index (χ0) is 14.4. The maximum atomic E-state index is 11.3. The van der Waals surface area contributed by atoms with Crippen LogP contribution in [-0.2, 0) is 14.3 Å². The molecule has 0 aromatic carbocycles. The molecule has 0 unspecified atom stereocenters. The lowest BCUT2D eigenvalue weighted by atomic mass is 9.94. The third-order valence-corrected chi connectivity index (χ3v) is 4.11. The van der Waals surface area contributed by atoms with Gasteiger partial charge in [0.15, 0.2) is 0 Å². The summed E-state index contributed by atoms with van der Waals surface area (Å²) in [5, 5.41) is 16.5. The van der Waals surface area contributed by atoms with Gasteiger partial charge in [0.25, 0.3) is 0 Å². The maximum Gasteiger partial charge on any atom is 0.246 e. The van der Waals surface area contributed by atoms with E-state index in [9.17, 15) is 9.90 Å². The molecule has 1 saturated heterocycles. The summed E-state index contributed by atoms with van der Waals surface area (Å²) in [5.74, 6) is -0.188. The van der Waals surface area contributed by atoms with Crippen molar-refractivity contribution >= 4 is 5.91 Å². The van der Waals surface area contributed by atoms with E-state index >= 15 is 0 Å². The highest BCUT2D eigenvalue weighted by Crippen LogP contribution is 2.21.